The Hall–Kier alpha value is -3.80. The molecule has 34 heavy (non-hydrogen) atoms. The Morgan fingerprint density at radius 2 is 1.38 bits per heavy atom. The van der Waals surface area contributed by atoms with Crippen molar-refractivity contribution in [3.63, 3.8) is 0 Å². The Bertz CT molecular complexity index is 1200. The van der Waals surface area contributed by atoms with E-state index in [0.717, 1.165) is 16.0 Å². The Labute approximate surface area is 202 Å². The van der Waals surface area contributed by atoms with Gasteiger partial charge in [-0.2, -0.15) is 0 Å². The van der Waals surface area contributed by atoms with Gasteiger partial charge in [0.15, 0.2) is 17.5 Å². The van der Waals surface area contributed by atoms with Crippen LogP contribution in [0.25, 0.3) is 6.08 Å². The van der Waals surface area contributed by atoms with E-state index in [1.54, 1.807) is 36.4 Å². The summed E-state index contributed by atoms with van der Waals surface area (Å²) in [4.78, 5) is 27.3. The molecule has 0 spiro atoms. The number of aliphatic hydroxyl groups is 1. The number of ether oxygens (including phenoxy) is 1. The van der Waals surface area contributed by atoms with Crippen molar-refractivity contribution in [2.75, 3.05) is 0 Å². The van der Waals surface area contributed by atoms with Crippen LogP contribution in [0.15, 0.2) is 115 Å². The van der Waals surface area contributed by atoms with Gasteiger partial charge >= 0.3 is 5.97 Å². The third kappa shape index (κ3) is 5.76. The highest BCUT2D eigenvalue weighted by atomic mass is 32.1. The quantitative estimate of drug-likeness (QED) is 0.238. The number of carbonyl (C=O) groups excluding carboxylic acids is 2. The largest absolute Gasteiger partial charge is 0.450 e. The molecule has 4 aromatic rings. The topological polar surface area (TPSA) is 63.6 Å². The highest BCUT2D eigenvalue weighted by Gasteiger charge is 2.39. The van der Waals surface area contributed by atoms with Crippen LogP contribution in [0.5, 0.6) is 0 Å². The maximum atomic E-state index is 13.5. The van der Waals surface area contributed by atoms with Crippen LogP contribution in [0.1, 0.15) is 38.9 Å². The summed E-state index contributed by atoms with van der Waals surface area (Å²) in [5, 5.41) is 13.4. The van der Waals surface area contributed by atoms with Gasteiger partial charge in [-0.15, -0.1) is 11.3 Å². The third-order valence-corrected chi connectivity index (χ3v) is 6.21. The van der Waals surface area contributed by atoms with Crippen molar-refractivity contribution < 1.29 is 19.4 Å². The van der Waals surface area contributed by atoms with Crippen molar-refractivity contribution >= 4 is 29.2 Å². The maximum Gasteiger partial charge on any atom is 0.343 e. The van der Waals surface area contributed by atoms with E-state index in [9.17, 15) is 14.7 Å². The van der Waals surface area contributed by atoms with Crippen molar-refractivity contribution in [3.8, 4) is 0 Å². The zero-order valence-electron chi connectivity index (χ0n) is 18.4. The van der Waals surface area contributed by atoms with Crippen LogP contribution in [-0.2, 0) is 9.53 Å². The zero-order valence-corrected chi connectivity index (χ0v) is 19.2. The van der Waals surface area contributed by atoms with Gasteiger partial charge in [0, 0.05) is 10.4 Å². The molecule has 0 saturated heterocycles. The maximum absolute atomic E-state index is 13.5. The Morgan fingerprint density at radius 1 is 0.824 bits per heavy atom. The molecule has 0 radical (unpaired) electrons. The fraction of sp³-hybridized carbons (Fsp3) is 0.103. The number of ketones is 1. The lowest BCUT2D eigenvalue weighted by Gasteiger charge is -2.26. The zero-order chi connectivity index (χ0) is 23.8. The lowest BCUT2D eigenvalue weighted by atomic mass is 9.92. The summed E-state index contributed by atoms with van der Waals surface area (Å²) in [6.45, 7) is 0. The highest BCUT2D eigenvalue weighted by Crippen LogP contribution is 2.30. The molecule has 0 amide bonds. The van der Waals surface area contributed by atoms with Crippen molar-refractivity contribution in [3.05, 3.63) is 136 Å². The Morgan fingerprint density at radius 3 is 1.91 bits per heavy atom. The van der Waals surface area contributed by atoms with E-state index in [1.165, 1.54) is 17.4 Å². The third-order valence-electron chi connectivity index (χ3n) is 5.38. The van der Waals surface area contributed by atoms with Crippen LogP contribution < -0.4 is 0 Å². The standard InChI is InChI=1S/C29H24O4S/c30-26(22-11-4-1-5-12-22)21-29(32,19-18-25-17-10-20-34-25)28(31)33-27(23-13-6-2-7-14-23)24-15-8-3-9-16-24/h1-20,27,32H,21H2/b19-18+/t29-/m1/s1. The second-order valence-electron chi connectivity index (χ2n) is 7.85. The minimum atomic E-state index is -2.14. The van der Waals surface area contributed by atoms with E-state index >= 15 is 0 Å². The second kappa shape index (κ2) is 10.9. The van der Waals surface area contributed by atoms with Gasteiger partial charge in [-0.3, -0.25) is 4.79 Å². The minimum Gasteiger partial charge on any atom is -0.450 e. The lowest BCUT2D eigenvalue weighted by Crippen LogP contribution is -2.41. The van der Waals surface area contributed by atoms with E-state index in [1.807, 2.05) is 78.2 Å². The summed E-state index contributed by atoms with van der Waals surface area (Å²) in [6.07, 6.45) is 1.83. The fourth-order valence-electron chi connectivity index (χ4n) is 3.57. The van der Waals surface area contributed by atoms with Gasteiger partial charge in [0.05, 0.1) is 6.42 Å². The van der Waals surface area contributed by atoms with E-state index in [-0.39, 0.29) is 5.78 Å². The van der Waals surface area contributed by atoms with E-state index in [4.69, 9.17) is 4.74 Å². The SMILES string of the molecule is O=C(C[C@](O)(/C=C/c1cccs1)C(=O)OC(c1ccccc1)c1ccccc1)c1ccccc1. The predicted molar refractivity (Wildman–Crippen MR) is 135 cm³/mol. The Kier molecular flexibility index (Phi) is 7.48. The molecule has 4 nitrogen and oxygen atoms in total. The molecule has 1 aromatic heterocycles. The monoisotopic (exact) mass is 468 g/mol. The van der Waals surface area contributed by atoms with Gasteiger partial charge in [0.2, 0.25) is 0 Å². The first-order valence-corrected chi connectivity index (χ1v) is 11.8. The van der Waals surface area contributed by atoms with Crippen LogP contribution >= 0.6 is 11.3 Å². The molecule has 4 rings (SSSR count). The van der Waals surface area contributed by atoms with Gasteiger partial charge in [-0.1, -0.05) is 97.1 Å². The summed E-state index contributed by atoms with van der Waals surface area (Å²) >= 11 is 1.46. The van der Waals surface area contributed by atoms with Crippen molar-refractivity contribution in [1.82, 2.24) is 0 Å². The number of hydrogen-bond acceptors (Lipinski definition) is 5. The van der Waals surface area contributed by atoms with E-state index < -0.39 is 24.1 Å². The summed E-state index contributed by atoms with van der Waals surface area (Å²) in [5.74, 6) is -1.24. The summed E-state index contributed by atoms with van der Waals surface area (Å²) in [6, 6.07) is 31.0. The fourth-order valence-corrected chi connectivity index (χ4v) is 4.19. The first kappa shape index (κ1) is 23.4. The van der Waals surface area contributed by atoms with Crippen molar-refractivity contribution in [2.24, 2.45) is 0 Å². The molecule has 0 fully saturated rings. The molecule has 1 atom stereocenters. The first-order valence-electron chi connectivity index (χ1n) is 10.9. The lowest BCUT2D eigenvalue weighted by molar-refractivity contribution is -0.164. The van der Waals surface area contributed by atoms with Gasteiger partial charge in [0.25, 0.3) is 0 Å². The molecule has 1 heterocycles. The van der Waals surface area contributed by atoms with E-state index in [0.29, 0.717) is 5.56 Å². The van der Waals surface area contributed by atoms with Gasteiger partial charge < -0.3 is 9.84 Å². The number of rotatable bonds is 9. The van der Waals surface area contributed by atoms with Gasteiger partial charge in [-0.25, -0.2) is 4.79 Å². The van der Waals surface area contributed by atoms with E-state index in [2.05, 4.69) is 0 Å². The molecule has 0 aliphatic carbocycles. The molecule has 0 aliphatic heterocycles. The number of benzene rings is 3. The van der Waals surface area contributed by atoms with Gasteiger partial charge in [-0.05, 0) is 34.7 Å². The molecule has 0 saturated carbocycles. The summed E-state index contributed by atoms with van der Waals surface area (Å²) in [5.41, 5.74) is -0.193. The number of carbonyl (C=O) groups is 2. The molecular weight excluding hydrogens is 444 g/mol. The highest BCUT2D eigenvalue weighted by molar-refractivity contribution is 7.10. The van der Waals surface area contributed by atoms with Crippen LogP contribution in [-0.4, -0.2) is 22.5 Å². The normalized spacial score (nSPS) is 13.0. The second-order valence-corrected chi connectivity index (χ2v) is 8.82. The smallest absolute Gasteiger partial charge is 0.343 e. The predicted octanol–water partition coefficient (Wildman–Crippen LogP) is 6.10. The number of thiophene rings is 1. The summed E-state index contributed by atoms with van der Waals surface area (Å²) < 4.78 is 5.91. The average molecular weight is 469 g/mol. The molecule has 170 valence electrons. The summed E-state index contributed by atoms with van der Waals surface area (Å²) in [7, 11) is 0. The molecule has 0 aliphatic rings. The van der Waals surface area contributed by atoms with Crippen molar-refractivity contribution in [1.29, 1.82) is 0 Å². The van der Waals surface area contributed by atoms with Crippen LogP contribution in [0.4, 0.5) is 0 Å². The number of esters is 1. The average Bonchev–Trinajstić information content (AvgIpc) is 3.41. The first-order chi connectivity index (χ1) is 16.5. The van der Waals surface area contributed by atoms with Crippen molar-refractivity contribution in [2.45, 2.75) is 18.1 Å². The molecule has 3 aromatic carbocycles. The molecule has 0 unspecified atom stereocenters. The molecule has 0 bridgehead atoms. The van der Waals surface area contributed by atoms with Gasteiger partial charge in [0.1, 0.15) is 0 Å². The van der Waals surface area contributed by atoms with Crippen LogP contribution in [0, 0.1) is 0 Å². The van der Waals surface area contributed by atoms with Crippen LogP contribution in [0.2, 0.25) is 0 Å². The van der Waals surface area contributed by atoms with Crippen LogP contribution in [0.3, 0.4) is 0 Å². The number of Topliss-reactive ketones (excluding diaryl/α,β-unsaturated/α-hetero) is 1. The minimum absolute atomic E-state index is 0.355. The molecule has 5 heteroatoms. The molecular formula is C29H24O4S. The Balaban J connectivity index is 1.66. The number of hydrogen-bond donors (Lipinski definition) is 1. The molecule has 1 N–H and O–H groups in total.